The first kappa shape index (κ1) is 12.6. The molecule has 1 aromatic heterocycles. The minimum atomic E-state index is 0.418. The van der Waals surface area contributed by atoms with Crippen LogP contribution in [0.5, 0.6) is 0 Å². The van der Waals surface area contributed by atoms with E-state index in [1.54, 1.807) is 0 Å². The summed E-state index contributed by atoms with van der Waals surface area (Å²) in [5, 5.41) is 7.61. The third kappa shape index (κ3) is 3.06. The lowest BCUT2D eigenvalue weighted by Crippen LogP contribution is -2.37. The molecule has 1 heterocycles. The van der Waals surface area contributed by atoms with Crippen LogP contribution in [0.15, 0.2) is 4.52 Å². The van der Waals surface area contributed by atoms with E-state index in [1.807, 2.05) is 0 Å². The summed E-state index contributed by atoms with van der Waals surface area (Å²) in [5.41, 5.74) is 0. The highest BCUT2D eigenvalue weighted by molar-refractivity contribution is 5.01. The van der Waals surface area contributed by atoms with E-state index >= 15 is 0 Å². The summed E-state index contributed by atoms with van der Waals surface area (Å²) in [4.78, 5) is 4.54. The Kier molecular flexibility index (Phi) is 4.54. The minimum Gasteiger partial charge on any atom is -0.339 e. The van der Waals surface area contributed by atoms with E-state index < -0.39 is 0 Å². The lowest BCUT2D eigenvalue weighted by atomic mass is 9.84. The van der Waals surface area contributed by atoms with Crippen LogP contribution in [-0.4, -0.2) is 22.7 Å². The second kappa shape index (κ2) is 6.15. The molecular formula is C13H23N3O. The zero-order valence-electron chi connectivity index (χ0n) is 10.9. The molecule has 0 aromatic carbocycles. The fourth-order valence-corrected chi connectivity index (χ4v) is 2.68. The Morgan fingerprint density at radius 3 is 2.88 bits per heavy atom. The maximum Gasteiger partial charge on any atom is 0.231 e. The number of likely N-dealkylation sites (N-methyl/N-ethyl adjacent to an activating group) is 1. The van der Waals surface area contributed by atoms with Gasteiger partial charge in [-0.1, -0.05) is 31.8 Å². The first-order chi connectivity index (χ1) is 8.35. The molecule has 0 aliphatic heterocycles. The van der Waals surface area contributed by atoms with Crippen molar-refractivity contribution >= 4 is 0 Å². The van der Waals surface area contributed by atoms with Gasteiger partial charge in [-0.15, -0.1) is 0 Å². The van der Waals surface area contributed by atoms with Crippen molar-refractivity contribution in [3.63, 3.8) is 0 Å². The molecule has 0 amide bonds. The topological polar surface area (TPSA) is 51.0 Å². The van der Waals surface area contributed by atoms with Crippen molar-refractivity contribution < 1.29 is 4.52 Å². The molecule has 4 nitrogen and oxygen atoms in total. The Balaban J connectivity index is 2.06. The van der Waals surface area contributed by atoms with Gasteiger partial charge in [-0.25, -0.2) is 0 Å². The van der Waals surface area contributed by atoms with Crippen molar-refractivity contribution in [2.45, 2.75) is 64.3 Å². The Morgan fingerprint density at radius 2 is 2.12 bits per heavy atom. The summed E-state index contributed by atoms with van der Waals surface area (Å²) < 4.78 is 5.43. The Morgan fingerprint density at radius 1 is 1.29 bits per heavy atom. The van der Waals surface area contributed by atoms with Crippen LogP contribution in [0.4, 0.5) is 0 Å². The Labute approximate surface area is 103 Å². The largest absolute Gasteiger partial charge is 0.339 e. The number of hydrogen-bond acceptors (Lipinski definition) is 4. The smallest absolute Gasteiger partial charge is 0.231 e. The van der Waals surface area contributed by atoms with Gasteiger partial charge in [-0.05, 0) is 25.8 Å². The zero-order valence-corrected chi connectivity index (χ0v) is 10.9. The van der Waals surface area contributed by atoms with E-state index in [0.717, 1.165) is 31.1 Å². The van der Waals surface area contributed by atoms with E-state index in [2.05, 4.69) is 29.3 Å². The van der Waals surface area contributed by atoms with Gasteiger partial charge in [0.15, 0.2) is 5.82 Å². The molecule has 2 unspecified atom stereocenters. The van der Waals surface area contributed by atoms with Crippen molar-refractivity contribution in [2.75, 3.05) is 6.54 Å². The van der Waals surface area contributed by atoms with Crippen LogP contribution in [0.2, 0.25) is 0 Å². The molecule has 96 valence electrons. The van der Waals surface area contributed by atoms with Crippen molar-refractivity contribution in [1.82, 2.24) is 15.5 Å². The molecule has 1 aromatic rings. The molecule has 17 heavy (non-hydrogen) atoms. The van der Waals surface area contributed by atoms with Crippen LogP contribution in [0.25, 0.3) is 0 Å². The first-order valence-corrected chi connectivity index (χ1v) is 6.91. The van der Waals surface area contributed by atoms with E-state index in [-0.39, 0.29) is 0 Å². The Bertz CT molecular complexity index is 335. The predicted molar refractivity (Wildman–Crippen MR) is 67.0 cm³/mol. The number of hydrogen-bond donors (Lipinski definition) is 1. The molecule has 2 atom stereocenters. The third-order valence-electron chi connectivity index (χ3n) is 3.51. The van der Waals surface area contributed by atoms with E-state index in [1.165, 1.54) is 25.7 Å². The fourth-order valence-electron chi connectivity index (χ4n) is 2.68. The monoisotopic (exact) mass is 237 g/mol. The second-order valence-corrected chi connectivity index (χ2v) is 4.85. The van der Waals surface area contributed by atoms with Gasteiger partial charge >= 0.3 is 0 Å². The van der Waals surface area contributed by atoms with Gasteiger partial charge in [-0.3, -0.25) is 0 Å². The maximum atomic E-state index is 5.43. The number of nitrogens with one attached hydrogen (secondary N) is 1. The molecular weight excluding hydrogens is 214 g/mol. The molecule has 1 saturated carbocycles. The van der Waals surface area contributed by atoms with Gasteiger partial charge in [0.05, 0.1) is 5.92 Å². The van der Waals surface area contributed by atoms with Crippen LogP contribution < -0.4 is 5.32 Å². The highest BCUT2D eigenvalue weighted by Gasteiger charge is 2.30. The predicted octanol–water partition coefficient (Wildman–Crippen LogP) is 2.66. The van der Waals surface area contributed by atoms with Crippen molar-refractivity contribution in [1.29, 1.82) is 0 Å². The molecule has 1 aliphatic carbocycles. The molecule has 0 spiro atoms. The van der Waals surface area contributed by atoms with Gasteiger partial charge < -0.3 is 9.84 Å². The molecule has 0 radical (unpaired) electrons. The molecule has 2 rings (SSSR count). The van der Waals surface area contributed by atoms with Crippen molar-refractivity contribution in [3.8, 4) is 0 Å². The van der Waals surface area contributed by atoms with Gasteiger partial charge in [-0.2, -0.15) is 4.98 Å². The van der Waals surface area contributed by atoms with Crippen molar-refractivity contribution in [3.05, 3.63) is 11.7 Å². The quantitative estimate of drug-likeness (QED) is 0.855. The molecule has 0 saturated heterocycles. The van der Waals surface area contributed by atoms with Gasteiger partial charge in [0.25, 0.3) is 0 Å². The van der Waals surface area contributed by atoms with E-state index in [9.17, 15) is 0 Å². The molecule has 1 N–H and O–H groups in total. The summed E-state index contributed by atoms with van der Waals surface area (Å²) in [6.45, 7) is 5.30. The van der Waals surface area contributed by atoms with Gasteiger partial charge in [0, 0.05) is 12.5 Å². The summed E-state index contributed by atoms with van der Waals surface area (Å²) in [5.74, 6) is 2.13. The summed E-state index contributed by atoms with van der Waals surface area (Å²) in [6.07, 6.45) is 6.97. The number of aryl methyl sites for hydroxylation is 1. The van der Waals surface area contributed by atoms with Crippen LogP contribution in [-0.2, 0) is 6.42 Å². The summed E-state index contributed by atoms with van der Waals surface area (Å²) in [6, 6.07) is 0.517. The van der Waals surface area contributed by atoms with Crippen LogP contribution in [0.1, 0.15) is 63.6 Å². The number of aromatic nitrogens is 2. The molecule has 4 heteroatoms. The van der Waals surface area contributed by atoms with Crippen LogP contribution >= 0.6 is 0 Å². The molecule has 0 bridgehead atoms. The van der Waals surface area contributed by atoms with Crippen LogP contribution in [0, 0.1) is 0 Å². The highest BCUT2D eigenvalue weighted by atomic mass is 16.5. The van der Waals surface area contributed by atoms with Gasteiger partial charge in [0.1, 0.15) is 0 Å². The lowest BCUT2D eigenvalue weighted by Gasteiger charge is -2.29. The van der Waals surface area contributed by atoms with E-state index in [0.29, 0.717) is 12.0 Å². The number of rotatable bonds is 5. The average molecular weight is 237 g/mol. The fraction of sp³-hybridized carbons (Fsp3) is 0.846. The van der Waals surface area contributed by atoms with Crippen molar-refractivity contribution in [2.24, 2.45) is 0 Å². The zero-order chi connectivity index (χ0) is 12.1. The standard InChI is InChI=1S/C13H23N3O/c1-3-7-12-15-13(17-16-12)10-8-5-6-9-11(10)14-4-2/h10-11,14H,3-9H2,1-2H3. The lowest BCUT2D eigenvalue weighted by molar-refractivity contribution is 0.264. The second-order valence-electron chi connectivity index (χ2n) is 4.85. The highest BCUT2D eigenvalue weighted by Crippen LogP contribution is 2.32. The first-order valence-electron chi connectivity index (χ1n) is 6.91. The van der Waals surface area contributed by atoms with Gasteiger partial charge in [0.2, 0.25) is 5.89 Å². The molecule has 1 fully saturated rings. The Hall–Kier alpha value is -0.900. The summed E-state index contributed by atoms with van der Waals surface area (Å²) >= 11 is 0. The maximum absolute atomic E-state index is 5.43. The third-order valence-corrected chi connectivity index (χ3v) is 3.51. The number of nitrogens with zero attached hydrogens (tertiary/aromatic N) is 2. The minimum absolute atomic E-state index is 0.418. The average Bonchev–Trinajstić information content (AvgIpc) is 2.79. The SMILES string of the molecule is CCCc1noc(C2CCCCC2NCC)n1. The molecule has 1 aliphatic rings. The van der Waals surface area contributed by atoms with E-state index in [4.69, 9.17) is 4.52 Å². The van der Waals surface area contributed by atoms with Crippen LogP contribution in [0.3, 0.4) is 0 Å². The normalized spacial score (nSPS) is 25.1. The summed E-state index contributed by atoms with van der Waals surface area (Å²) in [7, 11) is 0.